The van der Waals surface area contributed by atoms with Crippen LogP contribution in [0, 0.1) is 5.92 Å². The Balaban J connectivity index is 1.91. The molecule has 1 aromatic rings. The van der Waals surface area contributed by atoms with Gasteiger partial charge < -0.3 is 4.74 Å². The minimum atomic E-state index is 0.397. The van der Waals surface area contributed by atoms with Gasteiger partial charge in [0.2, 0.25) is 5.88 Å². The van der Waals surface area contributed by atoms with Crippen LogP contribution in [-0.4, -0.2) is 16.6 Å². The van der Waals surface area contributed by atoms with E-state index in [9.17, 15) is 0 Å². The van der Waals surface area contributed by atoms with E-state index in [2.05, 4.69) is 25.9 Å². The zero-order chi connectivity index (χ0) is 11.4. The van der Waals surface area contributed by atoms with Gasteiger partial charge in [-0.3, -0.25) is 0 Å². The highest BCUT2D eigenvalue weighted by atomic mass is 79.9. The Hall–Kier alpha value is -0.350. The highest BCUT2D eigenvalue weighted by Crippen LogP contribution is 2.29. The zero-order valence-electron chi connectivity index (χ0n) is 8.96. The predicted octanol–water partition coefficient (Wildman–Crippen LogP) is 3.85. The molecule has 2 rings (SSSR count). The smallest absolute Gasteiger partial charge is 0.232 e. The lowest BCUT2D eigenvalue weighted by Gasteiger charge is -2.21. The fourth-order valence-electron chi connectivity index (χ4n) is 1.98. The Morgan fingerprint density at radius 1 is 1.31 bits per heavy atom. The van der Waals surface area contributed by atoms with Crippen LogP contribution in [0.1, 0.15) is 32.1 Å². The van der Waals surface area contributed by atoms with Crippen molar-refractivity contribution >= 4 is 27.5 Å². The standard InChI is InChI=1S/C11H14BrClN2O/c12-9-10(13)14-7-15-11(9)16-6-8-4-2-1-3-5-8/h7-8H,1-6H2. The van der Waals surface area contributed by atoms with Gasteiger partial charge in [0.05, 0.1) is 6.61 Å². The van der Waals surface area contributed by atoms with Crippen LogP contribution >= 0.6 is 27.5 Å². The molecular formula is C11H14BrClN2O. The molecule has 88 valence electrons. The van der Waals surface area contributed by atoms with E-state index in [-0.39, 0.29) is 0 Å². The Labute approximate surface area is 109 Å². The molecule has 0 aromatic carbocycles. The maximum absolute atomic E-state index is 5.86. The second-order valence-corrected chi connectivity index (χ2v) is 5.25. The number of rotatable bonds is 3. The molecule has 1 saturated carbocycles. The van der Waals surface area contributed by atoms with Crippen LogP contribution in [-0.2, 0) is 0 Å². The molecule has 0 aliphatic heterocycles. The van der Waals surface area contributed by atoms with Gasteiger partial charge >= 0.3 is 0 Å². The first kappa shape index (κ1) is 12.1. The summed E-state index contributed by atoms with van der Waals surface area (Å²) < 4.78 is 6.32. The third-order valence-corrected chi connectivity index (χ3v) is 4.13. The minimum Gasteiger partial charge on any atom is -0.476 e. The Bertz CT molecular complexity index is 356. The molecule has 0 atom stereocenters. The number of ether oxygens (including phenoxy) is 1. The first-order chi connectivity index (χ1) is 7.77. The van der Waals surface area contributed by atoms with Crippen molar-refractivity contribution in [2.75, 3.05) is 6.61 Å². The second kappa shape index (κ2) is 5.82. The molecule has 3 nitrogen and oxygen atoms in total. The number of hydrogen-bond acceptors (Lipinski definition) is 3. The van der Waals surface area contributed by atoms with Crippen molar-refractivity contribution in [3.63, 3.8) is 0 Å². The van der Waals surface area contributed by atoms with Crippen LogP contribution in [0.4, 0.5) is 0 Å². The summed E-state index contributed by atoms with van der Waals surface area (Å²) in [5.41, 5.74) is 0. The molecule has 5 heteroatoms. The third-order valence-electron chi connectivity index (χ3n) is 2.90. The summed E-state index contributed by atoms with van der Waals surface area (Å²) in [5, 5.41) is 0.397. The molecule has 0 saturated heterocycles. The van der Waals surface area contributed by atoms with Crippen molar-refractivity contribution in [2.24, 2.45) is 5.92 Å². The van der Waals surface area contributed by atoms with E-state index in [0.717, 1.165) is 6.61 Å². The normalized spacial score (nSPS) is 17.4. The van der Waals surface area contributed by atoms with E-state index in [0.29, 0.717) is 21.4 Å². The van der Waals surface area contributed by atoms with Crippen LogP contribution < -0.4 is 4.74 Å². The largest absolute Gasteiger partial charge is 0.476 e. The predicted molar refractivity (Wildman–Crippen MR) is 66.8 cm³/mol. The fraction of sp³-hybridized carbons (Fsp3) is 0.636. The van der Waals surface area contributed by atoms with Gasteiger partial charge in [0.15, 0.2) is 5.15 Å². The van der Waals surface area contributed by atoms with Crippen LogP contribution in [0.3, 0.4) is 0 Å². The molecule has 0 bridgehead atoms. The molecule has 1 aliphatic rings. The quantitative estimate of drug-likeness (QED) is 0.796. The number of aromatic nitrogens is 2. The van der Waals surface area contributed by atoms with Gasteiger partial charge in [0.25, 0.3) is 0 Å². The van der Waals surface area contributed by atoms with Gasteiger partial charge in [0.1, 0.15) is 10.8 Å². The number of hydrogen-bond donors (Lipinski definition) is 0. The molecule has 0 N–H and O–H groups in total. The van der Waals surface area contributed by atoms with Gasteiger partial charge in [-0.05, 0) is 34.7 Å². The monoisotopic (exact) mass is 304 g/mol. The highest BCUT2D eigenvalue weighted by Gasteiger charge is 2.15. The van der Waals surface area contributed by atoms with E-state index >= 15 is 0 Å². The number of nitrogens with zero attached hydrogens (tertiary/aromatic N) is 2. The topological polar surface area (TPSA) is 35.0 Å². The summed E-state index contributed by atoms with van der Waals surface area (Å²) in [4.78, 5) is 7.92. The lowest BCUT2D eigenvalue weighted by molar-refractivity contribution is 0.201. The summed E-state index contributed by atoms with van der Waals surface area (Å²) in [6.45, 7) is 0.728. The van der Waals surface area contributed by atoms with Crippen molar-refractivity contribution in [3.05, 3.63) is 16.0 Å². The molecule has 1 aliphatic carbocycles. The van der Waals surface area contributed by atoms with Gasteiger partial charge in [-0.15, -0.1) is 0 Å². The van der Waals surface area contributed by atoms with Crippen molar-refractivity contribution in [3.8, 4) is 5.88 Å². The van der Waals surface area contributed by atoms with E-state index in [1.54, 1.807) is 0 Å². The molecule has 16 heavy (non-hydrogen) atoms. The van der Waals surface area contributed by atoms with Gasteiger partial charge in [-0.2, -0.15) is 0 Å². The molecule has 0 unspecified atom stereocenters. The van der Waals surface area contributed by atoms with E-state index in [4.69, 9.17) is 16.3 Å². The van der Waals surface area contributed by atoms with Crippen molar-refractivity contribution < 1.29 is 4.74 Å². The molecule has 1 aromatic heterocycles. The van der Waals surface area contributed by atoms with Crippen LogP contribution in [0.15, 0.2) is 10.8 Å². The summed E-state index contributed by atoms with van der Waals surface area (Å²) >= 11 is 9.18. The van der Waals surface area contributed by atoms with Crippen molar-refractivity contribution in [1.29, 1.82) is 0 Å². The first-order valence-corrected chi connectivity index (χ1v) is 6.73. The maximum Gasteiger partial charge on any atom is 0.232 e. The molecule has 1 fully saturated rings. The molecule has 0 spiro atoms. The first-order valence-electron chi connectivity index (χ1n) is 5.56. The summed E-state index contributed by atoms with van der Waals surface area (Å²) in [7, 11) is 0. The van der Waals surface area contributed by atoms with Crippen molar-refractivity contribution in [1.82, 2.24) is 9.97 Å². The zero-order valence-corrected chi connectivity index (χ0v) is 11.3. The van der Waals surface area contributed by atoms with E-state index in [1.165, 1.54) is 38.4 Å². The van der Waals surface area contributed by atoms with Gasteiger partial charge in [-0.25, -0.2) is 9.97 Å². The summed E-state index contributed by atoms with van der Waals surface area (Å²) in [6, 6.07) is 0. The SMILES string of the molecule is Clc1ncnc(OCC2CCCCC2)c1Br. The molecule has 0 radical (unpaired) electrons. The minimum absolute atomic E-state index is 0.397. The average Bonchev–Trinajstić information content (AvgIpc) is 2.32. The van der Waals surface area contributed by atoms with Crippen LogP contribution in [0.25, 0.3) is 0 Å². The number of halogens is 2. The van der Waals surface area contributed by atoms with Crippen LogP contribution in [0.5, 0.6) is 5.88 Å². The molecule has 0 amide bonds. The highest BCUT2D eigenvalue weighted by molar-refractivity contribution is 9.10. The van der Waals surface area contributed by atoms with E-state index < -0.39 is 0 Å². The van der Waals surface area contributed by atoms with Gasteiger partial charge in [-0.1, -0.05) is 30.9 Å². The van der Waals surface area contributed by atoms with Crippen LogP contribution in [0.2, 0.25) is 5.15 Å². The Kier molecular flexibility index (Phi) is 4.41. The average molecular weight is 306 g/mol. The second-order valence-electron chi connectivity index (χ2n) is 4.10. The lowest BCUT2D eigenvalue weighted by atomic mass is 9.90. The van der Waals surface area contributed by atoms with Gasteiger partial charge in [0, 0.05) is 0 Å². The molecular weight excluding hydrogens is 291 g/mol. The molecule has 1 heterocycles. The Morgan fingerprint density at radius 3 is 2.81 bits per heavy atom. The lowest BCUT2D eigenvalue weighted by Crippen LogP contribution is -2.15. The maximum atomic E-state index is 5.86. The van der Waals surface area contributed by atoms with Crippen molar-refractivity contribution in [2.45, 2.75) is 32.1 Å². The fourth-order valence-corrected chi connectivity index (χ4v) is 2.43. The summed E-state index contributed by atoms with van der Waals surface area (Å²) in [6.07, 6.45) is 7.94. The third kappa shape index (κ3) is 3.08. The summed E-state index contributed by atoms with van der Waals surface area (Å²) in [5.74, 6) is 1.21. The van der Waals surface area contributed by atoms with E-state index in [1.807, 2.05) is 0 Å². The Morgan fingerprint density at radius 2 is 2.06 bits per heavy atom.